The van der Waals surface area contributed by atoms with Crippen molar-refractivity contribution in [3.05, 3.63) is 23.8 Å². The first kappa shape index (κ1) is 14.7. The fourth-order valence-corrected chi connectivity index (χ4v) is 2.68. The largest absolute Gasteiger partial charge is 0.507 e. The average Bonchev–Trinajstić information content (AvgIpc) is 2.48. The molecule has 0 saturated heterocycles. The molecule has 0 atom stereocenters. The first-order chi connectivity index (χ1) is 9.60. The molecule has 20 heavy (non-hydrogen) atoms. The number of nitrogens with one attached hydrogen (secondary N) is 1. The number of ether oxygens (including phenoxy) is 1. The minimum absolute atomic E-state index is 0.0799. The van der Waals surface area contributed by atoms with E-state index in [2.05, 4.69) is 5.32 Å². The van der Waals surface area contributed by atoms with Gasteiger partial charge in [-0.15, -0.1) is 0 Å². The molecule has 2 rings (SSSR count). The minimum atomic E-state index is -0.565. The van der Waals surface area contributed by atoms with Gasteiger partial charge in [0.15, 0.2) is 0 Å². The second-order valence-corrected chi connectivity index (χ2v) is 5.34. The number of carbonyl (C=O) groups excluding carboxylic acids is 1. The van der Waals surface area contributed by atoms with E-state index in [1.165, 1.54) is 19.2 Å². The summed E-state index contributed by atoms with van der Waals surface area (Å²) in [5, 5.41) is 22.3. The lowest BCUT2D eigenvalue weighted by Crippen LogP contribution is -2.52. The van der Waals surface area contributed by atoms with E-state index < -0.39 is 5.54 Å². The summed E-state index contributed by atoms with van der Waals surface area (Å²) in [5.41, 5.74) is -0.395. The SMILES string of the molecule is COc1ccc(O)c(C(=O)NC2(CO)CCCCC2)c1. The predicted octanol–water partition coefficient (Wildman–Crippen LogP) is 1.83. The molecule has 1 amide bonds. The van der Waals surface area contributed by atoms with Crippen LogP contribution in [-0.2, 0) is 0 Å². The van der Waals surface area contributed by atoms with E-state index in [1.807, 2.05) is 0 Å². The van der Waals surface area contributed by atoms with Crippen LogP contribution in [0.15, 0.2) is 18.2 Å². The summed E-state index contributed by atoms with van der Waals surface area (Å²) < 4.78 is 5.06. The van der Waals surface area contributed by atoms with Crippen LogP contribution in [0.1, 0.15) is 42.5 Å². The number of methoxy groups -OCH3 is 1. The van der Waals surface area contributed by atoms with Gasteiger partial charge in [0, 0.05) is 0 Å². The minimum Gasteiger partial charge on any atom is -0.507 e. The van der Waals surface area contributed by atoms with Gasteiger partial charge < -0.3 is 20.3 Å². The van der Waals surface area contributed by atoms with Crippen LogP contribution in [0.2, 0.25) is 0 Å². The highest BCUT2D eigenvalue weighted by molar-refractivity contribution is 5.97. The zero-order valence-electron chi connectivity index (χ0n) is 11.7. The molecule has 0 aromatic heterocycles. The summed E-state index contributed by atoms with van der Waals surface area (Å²) in [5.74, 6) is 0.0409. The van der Waals surface area contributed by atoms with Gasteiger partial charge in [-0.1, -0.05) is 19.3 Å². The van der Waals surface area contributed by atoms with Gasteiger partial charge in [-0.2, -0.15) is 0 Å². The summed E-state index contributed by atoms with van der Waals surface area (Å²) in [7, 11) is 1.50. The van der Waals surface area contributed by atoms with E-state index in [-0.39, 0.29) is 23.8 Å². The highest BCUT2D eigenvalue weighted by Crippen LogP contribution is 2.29. The van der Waals surface area contributed by atoms with Gasteiger partial charge in [-0.25, -0.2) is 0 Å². The van der Waals surface area contributed by atoms with E-state index in [4.69, 9.17) is 4.74 Å². The standard InChI is InChI=1S/C15H21NO4/c1-20-11-5-6-13(18)12(9-11)14(19)16-15(10-17)7-3-2-4-8-15/h5-6,9,17-18H,2-4,7-8,10H2,1H3,(H,16,19). The lowest BCUT2D eigenvalue weighted by molar-refractivity contribution is 0.0756. The molecule has 1 aliphatic rings. The lowest BCUT2D eigenvalue weighted by Gasteiger charge is -2.36. The molecule has 1 saturated carbocycles. The maximum absolute atomic E-state index is 12.3. The van der Waals surface area contributed by atoms with E-state index >= 15 is 0 Å². The second kappa shape index (κ2) is 6.13. The number of aliphatic hydroxyl groups excluding tert-OH is 1. The van der Waals surface area contributed by atoms with Crippen LogP contribution in [0, 0.1) is 0 Å². The van der Waals surface area contributed by atoms with Crippen molar-refractivity contribution in [2.45, 2.75) is 37.6 Å². The van der Waals surface area contributed by atoms with Gasteiger partial charge in [0.2, 0.25) is 0 Å². The van der Waals surface area contributed by atoms with Crippen molar-refractivity contribution < 1.29 is 19.7 Å². The average molecular weight is 279 g/mol. The molecule has 3 N–H and O–H groups in total. The molecule has 110 valence electrons. The lowest BCUT2D eigenvalue weighted by atomic mass is 9.82. The fourth-order valence-electron chi connectivity index (χ4n) is 2.68. The van der Waals surface area contributed by atoms with Crippen molar-refractivity contribution in [1.29, 1.82) is 0 Å². The van der Waals surface area contributed by atoms with Crippen molar-refractivity contribution in [3.63, 3.8) is 0 Å². The van der Waals surface area contributed by atoms with E-state index in [1.54, 1.807) is 6.07 Å². The number of amides is 1. The first-order valence-electron chi connectivity index (χ1n) is 6.91. The molecular weight excluding hydrogens is 258 g/mol. The maximum Gasteiger partial charge on any atom is 0.255 e. The van der Waals surface area contributed by atoms with E-state index in [0.717, 1.165) is 32.1 Å². The zero-order valence-corrected chi connectivity index (χ0v) is 11.7. The molecule has 0 heterocycles. The Kier molecular flexibility index (Phi) is 4.49. The number of hydrogen-bond acceptors (Lipinski definition) is 4. The summed E-state index contributed by atoms with van der Waals surface area (Å²) in [4.78, 5) is 12.3. The van der Waals surface area contributed by atoms with Crippen LogP contribution < -0.4 is 10.1 Å². The Morgan fingerprint density at radius 1 is 1.35 bits per heavy atom. The molecule has 5 heteroatoms. The van der Waals surface area contributed by atoms with Crippen LogP contribution in [-0.4, -0.2) is 35.4 Å². The van der Waals surface area contributed by atoms with Crippen LogP contribution in [0.25, 0.3) is 0 Å². The van der Waals surface area contributed by atoms with Crippen molar-refractivity contribution in [2.24, 2.45) is 0 Å². The fraction of sp³-hybridized carbons (Fsp3) is 0.533. The Morgan fingerprint density at radius 2 is 2.05 bits per heavy atom. The Morgan fingerprint density at radius 3 is 2.65 bits per heavy atom. The van der Waals surface area contributed by atoms with Crippen molar-refractivity contribution in [2.75, 3.05) is 13.7 Å². The molecule has 0 unspecified atom stereocenters. The molecular formula is C15H21NO4. The number of benzene rings is 1. The Labute approximate surface area is 118 Å². The normalized spacial score (nSPS) is 17.5. The zero-order chi connectivity index (χ0) is 14.6. The van der Waals surface area contributed by atoms with Crippen molar-refractivity contribution in [3.8, 4) is 11.5 Å². The second-order valence-electron chi connectivity index (χ2n) is 5.34. The summed E-state index contributed by atoms with van der Waals surface area (Å²) >= 11 is 0. The number of rotatable bonds is 4. The van der Waals surface area contributed by atoms with Gasteiger partial charge in [0.25, 0.3) is 5.91 Å². The van der Waals surface area contributed by atoms with Crippen molar-refractivity contribution in [1.82, 2.24) is 5.32 Å². The van der Waals surface area contributed by atoms with Gasteiger partial charge in [0.05, 0.1) is 24.8 Å². The van der Waals surface area contributed by atoms with Crippen LogP contribution in [0.3, 0.4) is 0 Å². The Balaban J connectivity index is 2.18. The molecule has 0 bridgehead atoms. The number of phenolic OH excluding ortho intramolecular Hbond substituents is 1. The molecule has 1 aromatic carbocycles. The van der Waals surface area contributed by atoms with Crippen LogP contribution in [0.4, 0.5) is 0 Å². The maximum atomic E-state index is 12.3. The van der Waals surface area contributed by atoms with Gasteiger partial charge >= 0.3 is 0 Å². The van der Waals surface area contributed by atoms with Crippen LogP contribution >= 0.6 is 0 Å². The summed E-state index contributed by atoms with van der Waals surface area (Å²) in [6.07, 6.45) is 4.64. The highest BCUT2D eigenvalue weighted by Gasteiger charge is 2.33. The third-order valence-corrected chi connectivity index (χ3v) is 3.94. The molecule has 1 aliphatic carbocycles. The number of aromatic hydroxyl groups is 1. The summed E-state index contributed by atoms with van der Waals surface area (Å²) in [6.45, 7) is -0.0799. The van der Waals surface area contributed by atoms with Crippen LogP contribution in [0.5, 0.6) is 11.5 Å². The first-order valence-corrected chi connectivity index (χ1v) is 6.91. The molecule has 0 radical (unpaired) electrons. The monoisotopic (exact) mass is 279 g/mol. The topological polar surface area (TPSA) is 78.8 Å². The highest BCUT2D eigenvalue weighted by atomic mass is 16.5. The molecule has 5 nitrogen and oxygen atoms in total. The van der Waals surface area contributed by atoms with E-state index in [0.29, 0.717) is 5.75 Å². The number of carbonyl (C=O) groups is 1. The molecule has 0 spiro atoms. The number of aliphatic hydroxyl groups is 1. The number of hydrogen-bond donors (Lipinski definition) is 3. The van der Waals surface area contributed by atoms with Crippen molar-refractivity contribution >= 4 is 5.91 Å². The van der Waals surface area contributed by atoms with E-state index in [9.17, 15) is 15.0 Å². The summed E-state index contributed by atoms with van der Waals surface area (Å²) in [6, 6.07) is 4.52. The number of phenols is 1. The third-order valence-electron chi connectivity index (χ3n) is 3.94. The quantitative estimate of drug-likeness (QED) is 0.785. The Bertz CT molecular complexity index is 481. The smallest absolute Gasteiger partial charge is 0.255 e. The third kappa shape index (κ3) is 3.04. The molecule has 0 aliphatic heterocycles. The van der Waals surface area contributed by atoms with Gasteiger partial charge in [-0.3, -0.25) is 4.79 Å². The predicted molar refractivity (Wildman–Crippen MR) is 75.0 cm³/mol. The molecule has 1 fully saturated rings. The Hall–Kier alpha value is -1.75. The van der Waals surface area contributed by atoms with Gasteiger partial charge in [0.1, 0.15) is 11.5 Å². The molecule has 1 aromatic rings. The van der Waals surface area contributed by atoms with Gasteiger partial charge in [-0.05, 0) is 31.0 Å².